The van der Waals surface area contributed by atoms with Gasteiger partial charge in [0.15, 0.2) is 0 Å². The molecule has 0 spiro atoms. The number of hydroxylamine groups is 1. The van der Waals surface area contributed by atoms with Gasteiger partial charge in [-0.2, -0.15) is 0 Å². The van der Waals surface area contributed by atoms with Crippen molar-refractivity contribution in [3.05, 3.63) is 0 Å². The van der Waals surface area contributed by atoms with Crippen molar-refractivity contribution >= 4 is 0 Å². The Morgan fingerprint density at radius 3 is 2.87 bits per heavy atom. The van der Waals surface area contributed by atoms with Gasteiger partial charge < -0.3 is 9.74 Å². The maximum atomic E-state index is 5.35. The molecular weight excluding hydrogens is 188 g/mol. The van der Waals surface area contributed by atoms with Crippen molar-refractivity contribution in [2.45, 2.75) is 45.6 Å². The molecule has 0 aliphatic carbocycles. The largest absolute Gasteiger partial charge is 0.303 e. The molecule has 1 rings (SSSR count). The molecule has 0 radical (unpaired) electrons. The Kier molecular flexibility index (Phi) is 6.22. The molecule has 1 heterocycles. The van der Waals surface area contributed by atoms with Crippen LogP contribution in [-0.4, -0.2) is 37.7 Å². The van der Waals surface area contributed by atoms with Crippen LogP contribution in [0.25, 0.3) is 0 Å². The van der Waals surface area contributed by atoms with Crippen molar-refractivity contribution in [1.29, 1.82) is 0 Å². The van der Waals surface area contributed by atoms with E-state index in [1.165, 1.54) is 32.2 Å². The minimum atomic E-state index is 0.606. The molecule has 1 aliphatic rings. The van der Waals surface area contributed by atoms with E-state index in [0.29, 0.717) is 5.92 Å². The Morgan fingerprint density at radius 1 is 1.40 bits per heavy atom. The standard InChI is InChI=1S/C12H26N2O/c1-11(2)10-15-13-8-7-12-6-4-5-9-14(12)3/h11-13H,4-10H2,1-3H3. The summed E-state index contributed by atoms with van der Waals surface area (Å²) in [5.41, 5.74) is 3.06. The number of hydrogen-bond donors (Lipinski definition) is 1. The first kappa shape index (κ1) is 12.9. The summed E-state index contributed by atoms with van der Waals surface area (Å²) in [4.78, 5) is 7.83. The topological polar surface area (TPSA) is 24.5 Å². The van der Waals surface area contributed by atoms with Crippen LogP contribution in [0.3, 0.4) is 0 Å². The SMILES string of the molecule is CC(C)CONCCC1CCCCN1C. The van der Waals surface area contributed by atoms with Gasteiger partial charge in [0.25, 0.3) is 0 Å². The van der Waals surface area contributed by atoms with Crippen LogP contribution in [-0.2, 0) is 4.84 Å². The molecule has 0 amide bonds. The van der Waals surface area contributed by atoms with Crippen LogP contribution in [0.5, 0.6) is 0 Å². The summed E-state index contributed by atoms with van der Waals surface area (Å²) in [5.74, 6) is 0.606. The normalized spacial score (nSPS) is 23.6. The van der Waals surface area contributed by atoms with Crippen LogP contribution in [0.4, 0.5) is 0 Å². The van der Waals surface area contributed by atoms with E-state index in [0.717, 1.165) is 19.2 Å². The smallest absolute Gasteiger partial charge is 0.0705 e. The monoisotopic (exact) mass is 214 g/mol. The summed E-state index contributed by atoms with van der Waals surface area (Å²) in [5, 5.41) is 0. The fourth-order valence-corrected chi connectivity index (χ4v) is 2.03. The number of hydrogen-bond acceptors (Lipinski definition) is 3. The number of piperidine rings is 1. The summed E-state index contributed by atoms with van der Waals surface area (Å²) >= 11 is 0. The van der Waals surface area contributed by atoms with E-state index in [2.05, 4.69) is 31.3 Å². The zero-order valence-electron chi connectivity index (χ0n) is 10.5. The van der Waals surface area contributed by atoms with E-state index in [1.54, 1.807) is 0 Å². The molecule has 1 fully saturated rings. The molecule has 0 bridgehead atoms. The number of nitrogens with zero attached hydrogens (tertiary/aromatic N) is 1. The van der Waals surface area contributed by atoms with Crippen molar-refractivity contribution in [3.8, 4) is 0 Å². The first-order valence-electron chi connectivity index (χ1n) is 6.25. The lowest BCUT2D eigenvalue weighted by molar-refractivity contribution is 0.0182. The second-order valence-electron chi connectivity index (χ2n) is 5.02. The van der Waals surface area contributed by atoms with E-state index >= 15 is 0 Å². The molecule has 0 aromatic heterocycles. The fraction of sp³-hybridized carbons (Fsp3) is 1.00. The van der Waals surface area contributed by atoms with Crippen LogP contribution in [0.2, 0.25) is 0 Å². The third kappa shape index (κ3) is 5.50. The lowest BCUT2D eigenvalue weighted by Gasteiger charge is -2.32. The Balaban J connectivity index is 1.99. The predicted molar refractivity (Wildman–Crippen MR) is 63.7 cm³/mol. The van der Waals surface area contributed by atoms with E-state index in [-0.39, 0.29) is 0 Å². The van der Waals surface area contributed by atoms with E-state index < -0.39 is 0 Å². The van der Waals surface area contributed by atoms with E-state index in [1.807, 2.05) is 0 Å². The number of likely N-dealkylation sites (tertiary alicyclic amines) is 1. The van der Waals surface area contributed by atoms with E-state index in [4.69, 9.17) is 4.84 Å². The van der Waals surface area contributed by atoms with Gasteiger partial charge in [0.2, 0.25) is 0 Å². The summed E-state index contributed by atoms with van der Waals surface area (Å²) in [6, 6.07) is 0.758. The highest BCUT2D eigenvalue weighted by Gasteiger charge is 2.17. The minimum absolute atomic E-state index is 0.606. The Labute approximate surface area is 94.1 Å². The van der Waals surface area contributed by atoms with Gasteiger partial charge in [0.1, 0.15) is 0 Å². The zero-order valence-corrected chi connectivity index (χ0v) is 10.5. The Hall–Kier alpha value is -0.120. The van der Waals surface area contributed by atoms with Crippen molar-refractivity contribution < 1.29 is 4.84 Å². The Morgan fingerprint density at radius 2 is 2.20 bits per heavy atom. The van der Waals surface area contributed by atoms with Crippen LogP contribution >= 0.6 is 0 Å². The average molecular weight is 214 g/mol. The second kappa shape index (κ2) is 7.20. The van der Waals surface area contributed by atoms with Crippen LogP contribution < -0.4 is 5.48 Å². The summed E-state index contributed by atoms with van der Waals surface area (Å²) < 4.78 is 0. The molecule has 90 valence electrons. The first-order chi connectivity index (χ1) is 7.20. The summed E-state index contributed by atoms with van der Waals surface area (Å²) in [6.45, 7) is 7.37. The van der Waals surface area contributed by atoms with Gasteiger partial charge in [0.05, 0.1) is 6.61 Å². The van der Waals surface area contributed by atoms with Crippen molar-refractivity contribution in [2.24, 2.45) is 5.92 Å². The molecular formula is C12H26N2O. The minimum Gasteiger partial charge on any atom is -0.303 e. The molecule has 1 unspecified atom stereocenters. The van der Waals surface area contributed by atoms with Crippen LogP contribution in [0.1, 0.15) is 39.5 Å². The van der Waals surface area contributed by atoms with Gasteiger partial charge >= 0.3 is 0 Å². The number of nitrogens with one attached hydrogen (secondary N) is 1. The van der Waals surface area contributed by atoms with Crippen LogP contribution in [0, 0.1) is 5.92 Å². The van der Waals surface area contributed by atoms with E-state index in [9.17, 15) is 0 Å². The van der Waals surface area contributed by atoms with Crippen LogP contribution in [0.15, 0.2) is 0 Å². The first-order valence-corrected chi connectivity index (χ1v) is 6.25. The molecule has 0 saturated carbocycles. The highest BCUT2D eigenvalue weighted by Crippen LogP contribution is 2.16. The lowest BCUT2D eigenvalue weighted by atomic mass is 10.0. The second-order valence-corrected chi connectivity index (χ2v) is 5.02. The van der Waals surface area contributed by atoms with Crippen molar-refractivity contribution in [1.82, 2.24) is 10.4 Å². The molecule has 3 nitrogen and oxygen atoms in total. The molecule has 0 aromatic rings. The maximum Gasteiger partial charge on any atom is 0.0705 e. The maximum absolute atomic E-state index is 5.35. The summed E-state index contributed by atoms with van der Waals surface area (Å²) in [6.07, 6.45) is 5.31. The molecule has 1 aliphatic heterocycles. The van der Waals surface area contributed by atoms with Gasteiger partial charge in [0, 0.05) is 12.6 Å². The van der Waals surface area contributed by atoms with Crippen molar-refractivity contribution in [2.75, 3.05) is 26.7 Å². The molecule has 1 atom stereocenters. The average Bonchev–Trinajstić information content (AvgIpc) is 2.20. The van der Waals surface area contributed by atoms with Gasteiger partial charge in [-0.05, 0) is 38.8 Å². The zero-order chi connectivity index (χ0) is 11.1. The molecule has 1 saturated heterocycles. The summed E-state index contributed by atoms with van der Waals surface area (Å²) in [7, 11) is 2.23. The van der Waals surface area contributed by atoms with Gasteiger partial charge in [-0.15, -0.1) is 0 Å². The van der Waals surface area contributed by atoms with Gasteiger partial charge in [-0.1, -0.05) is 20.3 Å². The number of rotatable bonds is 6. The lowest BCUT2D eigenvalue weighted by Crippen LogP contribution is -2.38. The van der Waals surface area contributed by atoms with Gasteiger partial charge in [-0.25, -0.2) is 5.48 Å². The van der Waals surface area contributed by atoms with Crippen molar-refractivity contribution in [3.63, 3.8) is 0 Å². The predicted octanol–water partition coefficient (Wildman–Crippen LogP) is 2.04. The van der Waals surface area contributed by atoms with Gasteiger partial charge in [-0.3, -0.25) is 0 Å². The molecule has 0 aromatic carbocycles. The fourth-order valence-electron chi connectivity index (χ4n) is 2.03. The highest BCUT2D eigenvalue weighted by atomic mass is 16.6. The Bertz CT molecular complexity index is 162. The molecule has 1 N–H and O–H groups in total. The quantitative estimate of drug-likeness (QED) is 0.541. The highest BCUT2D eigenvalue weighted by molar-refractivity contribution is 4.74. The molecule has 15 heavy (non-hydrogen) atoms. The third-order valence-corrected chi connectivity index (χ3v) is 3.02. The third-order valence-electron chi connectivity index (χ3n) is 3.02. The molecule has 3 heteroatoms.